The summed E-state index contributed by atoms with van der Waals surface area (Å²) in [4.78, 5) is 23.4. The Morgan fingerprint density at radius 1 is 0.682 bits per heavy atom. The van der Waals surface area contributed by atoms with Crippen molar-refractivity contribution in [3.05, 3.63) is 12.2 Å². The van der Waals surface area contributed by atoms with Crippen LogP contribution in [0.4, 0.5) is 0 Å². The topological polar surface area (TPSA) is 52.6 Å². The summed E-state index contributed by atoms with van der Waals surface area (Å²) < 4.78 is 10.8. The minimum Gasteiger partial charge on any atom is -0.462 e. The van der Waals surface area contributed by atoms with Gasteiger partial charge < -0.3 is 9.47 Å². The molecular formula is C18H28O4. The zero-order valence-corrected chi connectivity index (χ0v) is 13.4. The van der Waals surface area contributed by atoms with Gasteiger partial charge >= 0.3 is 11.9 Å². The number of esters is 2. The normalized spacial score (nSPS) is 20.9. The minimum atomic E-state index is -0.191. The maximum absolute atomic E-state index is 11.7. The predicted molar refractivity (Wildman–Crippen MR) is 84.3 cm³/mol. The third-order valence-corrected chi connectivity index (χ3v) is 4.44. The fraction of sp³-hybridized carbons (Fsp3) is 0.778. The molecule has 124 valence electrons. The van der Waals surface area contributed by atoms with Crippen molar-refractivity contribution in [1.29, 1.82) is 0 Å². The highest BCUT2D eigenvalue weighted by molar-refractivity contribution is 5.73. The Morgan fingerprint density at radius 3 is 1.41 bits per heavy atom. The first-order chi connectivity index (χ1) is 10.7. The number of ether oxygens (including phenoxy) is 2. The third-order valence-electron chi connectivity index (χ3n) is 4.44. The van der Waals surface area contributed by atoms with E-state index >= 15 is 0 Å². The standard InChI is InChI=1S/C18H28O4/c19-17(21-15-9-3-1-4-10-15)13-7-8-14-18(20)22-16-11-5-2-6-12-16/h7-8,15-16H,1-6,9-14H2. The zero-order valence-electron chi connectivity index (χ0n) is 13.4. The molecule has 0 aromatic carbocycles. The lowest BCUT2D eigenvalue weighted by Gasteiger charge is -2.21. The second kappa shape index (κ2) is 9.65. The van der Waals surface area contributed by atoms with Crippen molar-refractivity contribution >= 4 is 11.9 Å². The second-order valence-electron chi connectivity index (χ2n) is 6.38. The summed E-state index contributed by atoms with van der Waals surface area (Å²) in [5.41, 5.74) is 0. The van der Waals surface area contributed by atoms with Gasteiger partial charge in [0.1, 0.15) is 12.2 Å². The number of carbonyl (C=O) groups is 2. The molecule has 0 bridgehead atoms. The Hall–Kier alpha value is -1.32. The van der Waals surface area contributed by atoms with Crippen LogP contribution in [0, 0.1) is 0 Å². The summed E-state index contributed by atoms with van der Waals surface area (Å²) in [6.45, 7) is 0. The minimum absolute atomic E-state index is 0.103. The molecule has 0 spiro atoms. The molecule has 2 fully saturated rings. The fourth-order valence-corrected chi connectivity index (χ4v) is 3.19. The molecule has 4 nitrogen and oxygen atoms in total. The van der Waals surface area contributed by atoms with Crippen LogP contribution in [0.5, 0.6) is 0 Å². The molecular weight excluding hydrogens is 280 g/mol. The Balaban J connectivity index is 1.56. The first kappa shape index (κ1) is 17.0. The van der Waals surface area contributed by atoms with E-state index in [9.17, 15) is 9.59 Å². The highest BCUT2D eigenvalue weighted by Gasteiger charge is 2.18. The summed E-state index contributed by atoms with van der Waals surface area (Å²) in [5, 5.41) is 0. The Bertz CT molecular complexity index is 341. The molecule has 0 amide bonds. The molecule has 0 atom stereocenters. The monoisotopic (exact) mass is 308 g/mol. The molecule has 0 aliphatic heterocycles. The molecule has 0 aromatic heterocycles. The average molecular weight is 308 g/mol. The van der Waals surface area contributed by atoms with Gasteiger partial charge in [-0.15, -0.1) is 0 Å². The Labute approximate surface area is 133 Å². The van der Waals surface area contributed by atoms with Crippen LogP contribution in [0.2, 0.25) is 0 Å². The van der Waals surface area contributed by atoms with E-state index in [4.69, 9.17) is 9.47 Å². The maximum Gasteiger partial charge on any atom is 0.309 e. The fourth-order valence-electron chi connectivity index (χ4n) is 3.19. The van der Waals surface area contributed by atoms with Crippen LogP contribution in [-0.4, -0.2) is 24.1 Å². The van der Waals surface area contributed by atoms with Gasteiger partial charge in [-0.1, -0.05) is 25.0 Å². The lowest BCUT2D eigenvalue weighted by atomic mass is 9.98. The Morgan fingerprint density at radius 2 is 1.05 bits per heavy atom. The molecule has 2 aliphatic carbocycles. The molecule has 0 N–H and O–H groups in total. The van der Waals surface area contributed by atoms with E-state index in [1.165, 1.54) is 12.8 Å². The highest BCUT2D eigenvalue weighted by atomic mass is 16.5. The van der Waals surface area contributed by atoms with Crippen LogP contribution in [0.15, 0.2) is 12.2 Å². The first-order valence-electron chi connectivity index (χ1n) is 8.78. The van der Waals surface area contributed by atoms with E-state index in [1.54, 1.807) is 12.2 Å². The predicted octanol–water partition coefficient (Wildman–Crippen LogP) is 4.07. The van der Waals surface area contributed by atoms with Gasteiger partial charge in [-0.2, -0.15) is 0 Å². The van der Waals surface area contributed by atoms with Gasteiger partial charge in [-0.05, 0) is 51.4 Å². The number of carbonyl (C=O) groups excluding carboxylic acids is 2. The van der Waals surface area contributed by atoms with Crippen LogP contribution in [0.1, 0.15) is 77.0 Å². The summed E-state index contributed by atoms with van der Waals surface area (Å²) in [6, 6.07) is 0. The molecule has 0 aromatic rings. The molecule has 0 saturated heterocycles. The van der Waals surface area contributed by atoms with Gasteiger partial charge in [0.05, 0.1) is 12.8 Å². The van der Waals surface area contributed by atoms with Crippen molar-refractivity contribution in [2.75, 3.05) is 0 Å². The average Bonchev–Trinajstić information content (AvgIpc) is 2.53. The maximum atomic E-state index is 11.7. The number of hydrogen-bond donors (Lipinski definition) is 0. The van der Waals surface area contributed by atoms with E-state index in [0.717, 1.165) is 51.4 Å². The van der Waals surface area contributed by atoms with E-state index in [1.807, 2.05) is 0 Å². The largest absolute Gasteiger partial charge is 0.462 e. The molecule has 22 heavy (non-hydrogen) atoms. The highest BCUT2D eigenvalue weighted by Crippen LogP contribution is 2.21. The Kier molecular flexibility index (Phi) is 7.47. The van der Waals surface area contributed by atoms with E-state index in [2.05, 4.69) is 0 Å². The quantitative estimate of drug-likeness (QED) is 0.548. The lowest BCUT2D eigenvalue weighted by Crippen LogP contribution is -2.20. The van der Waals surface area contributed by atoms with Crippen LogP contribution >= 0.6 is 0 Å². The molecule has 0 heterocycles. The van der Waals surface area contributed by atoms with Crippen LogP contribution in [0.3, 0.4) is 0 Å². The molecule has 2 aliphatic rings. The van der Waals surface area contributed by atoms with Crippen molar-refractivity contribution in [2.24, 2.45) is 0 Å². The van der Waals surface area contributed by atoms with Gasteiger partial charge in [-0.3, -0.25) is 9.59 Å². The zero-order chi connectivity index (χ0) is 15.6. The van der Waals surface area contributed by atoms with E-state index in [-0.39, 0.29) is 37.0 Å². The molecule has 2 saturated carbocycles. The SMILES string of the molecule is O=C(CC=CCC(=O)OC1CCCCC1)OC1CCCCC1. The molecule has 0 unspecified atom stereocenters. The van der Waals surface area contributed by atoms with E-state index in [0.29, 0.717) is 0 Å². The third kappa shape index (κ3) is 6.63. The number of rotatable bonds is 6. The van der Waals surface area contributed by atoms with Crippen LogP contribution in [-0.2, 0) is 19.1 Å². The lowest BCUT2D eigenvalue weighted by molar-refractivity contribution is -0.150. The van der Waals surface area contributed by atoms with Gasteiger partial charge in [0.25, 0.3) is 0 Å². The molecule has 4 heteroatoms. The number of hydrogen-bond acceptors (Lipinski definition) is 4. The second-order valence-corrected chi connectivity index (χ2v) is 6.38. The van der Waals surface area contributed by atoms with Crippen molar-refractivity contribution in [3.63, 3.8) is 0 Å². The summed E-state index contributed by atoms with van der Waals surface area (Å²) in [5.74, 6) is -0.382. The van der Waals surface area contributed by atoms with Gasteiger partial charge in [0, 0.05) is 0 Å². The van der Waals surface area contributed by atoms with Crippen molar-refractivity contribution in [3.8, 4) is 0 Å². The van der Waals surface area contributed by atoms with Gasteiger partial charge in [0.15, 0.2) is 0 Å². The van der Waals surface area contributed by atoms with Crippen LogP contribution < -0.4 is 0 Å². The first-order valence-corrected chi connectivity index (χ1v) is 8.78. The van der Waals surface area contributed by atoms with Gasteiger partial charge in [0.2, 0.25) is 0 Å². The van der Waals surface area contributed by atoms with Crippen LogP contribution in [0.25, 0.3) is 0 Å². The van der Waals surface area contributed by atoms with Gasteiger partial charge in [-0.25, -0.2) is 0 Å². The molecule has 2 rings (SSSR count). The molecule has 0 radical (unpaired) electrons. The van der Waals surface area contributed by atoms with Crippen molar-refractivity contribution < 1.29 is 19.1 Å². The van der Waals surface area contributed by atoms with Crippen molar-refractivity contribution in [2.45, 2.75) is 89.3 Å². The summed E-state index contributed by atoms with van der Waals surface area (Å²) in [6.07, 6.45) is 15.2. The summed E-state index contributed by atoms with van der Waals surface area (Å²) >= 11 is 0. The smallest absolute Gasteiger partial charge is 0.309 e. The van der Waals surface area contributed by atoms with Crippen molar-refractivity contribution in [1.82, 2.24) is 0 Å². The summed E-state index contributed by atoms with van der Waals surface area (Å²) in [7, 11) is 0. The van der Waals surface area contributed by atoms with E-state index < -0.39 is 0 Å².